The summed E-state index contributed by atoms with van der Waals surface area (Å²) in [6.07, 6.45) is 2.24. The van der Waals surface area contributed by atoms with Crippen LogP contribution < -0.4 is 0 Å². The van der Waals surface area contributed by atoms with Gasteiger partial charge in [0.2, 0.25) is 0 Å². The molecule has 0 spiro atoms. The number of hydrogen-bond donors (Lipinski definition) is 1. The number of aryl methyl sites for hydroxylation is 2. The highest BCUT2D eigenvalue weighted by Crippen LogP contribution is 2.35. The van der Waals surface area contributed by atoms with Gasteiger partial charge in [0, 0.05) is 26.2 Å². The average Bonchev–Trinajstić information content (AvgIpc) is 3.03. The van der Waals surface area contributed by atoms with Gasteiger partial charge in [-0.2, -0.15) is 0 Å². The number of piperidine rings is 1. The van der Waals surface area contributed by atoms with Crippen LogP contribution in [0.15, 0.2) is 48.2 Å². The molecule has 0 saturated carbocycles. The number of imide groups is 1. The van der Waals surface area contributed by atoms with E-state index in [2.05, 4.69) is 0 Å². The molecule has 4 rings (SSSR count). The lowest BCUT2D eigenvalue weighted by molar-refractivity contribution is -0.137. The Morgan fingerprint density at radius 3 is 2.50 bits per heavy atom. The maximum atomic E-state index is 13.5. The maximum Gasteiger partial charge on any atom is 0.277 e. The number of hydrogen-bond acceptors (Lipinski definition) is 4. The highest BCUT2D eigenvalue weighted by molar-refractivity contribution is 6.35. The Bertz CT molecular complexity index is 1060. The number of rotatable bonds is 6. The molecule has 0 aliphatic carbocycles. The summed E-state index contributed by atoms with van der Waals surface area (Å²) in [5, 5.41) is 9.68. The van der Waals surface area contributed by atoms with Crippen LogP contribution in [0.5, 0.6) is 0 Å². The van der Waals surface area contributed by atoms with Gasteiger partial charge in [-0.25, -0.2) is 4.39 Å². The molecule has 1 N–H and O–H groups in total. The number of carbonyl (C=O) groups excluding carboxylic acids is 2. The van der Waals surface area contributed by atoms with Gasteiger partial charge in [-0.1, -0.05) is 35.9 Å². The van der Waals surface area contributed by atoms with E-state index in [1.165, 1.54) is 17.0 Å². The van der Waals surface area contributed by atoms with E-state index in [0.717, 1.165) is 35.1 Å². The SMILES string of the molecule is Cc1ccc(C2=C(N3CCCC(CO)C3)C(=O)N(CCc3ccc(F)cc3)C2=O)c(C)c1. The third kappa shape index (κ3) is 4.32. The molecular formula is C26H29FN2O3. The Labute approximate surface area is 188 Å². The number of likely N-dealkylation sites (tertiary alicyclic amines) is 1. The quantitative estimate of drug-likeness (QED) is 0.705. The van der Waals surface area contributed by atoms with Crippen LogP contribution in [-0.2, 0) is 16.0 Å². The second-order valence-electron chi connectivity index (χ2n) is 8.82. The van der Waals surface area contributed by atoms with E-state index in [9.17, 15) is 19.1 Å². The van der Waals surface area contributed by atoms with Crippen LogP contribution in [0.25, 0.3) is 5.57 Å². The summed E-state index contributed by atoms with van der Waals surface area (Å²) in [7, 11) is 0. The monoisotopic (exact) mass is 436 g/mol. The van der Waals surface area contributed by atoms with E-state index in [1.54, 1.807) is 12.1 Å². The summed E-state index contributed by atoms with van der Waals surface area (Å²) in [5.74, 6) is -0.796. The molecule has 2 heterocycles. The molecule has 0 bridgehead atoms. The Kier molecular flexibility index (Phi) is 6.42. The molecule has 168 valence electrons. The number of halogens is 1. The number of aliphatic hydroxyl groups excluding tert-OH is 1. The molecule has 2 amide bonds. The van der Waals surface area contributed by atoms with Gasteiger partial charge in [0.05, 0.1) is 5.57 Å². The molecule has 2 aromatic rings. The topological polar surface area (TPSA) is 60.9 Å². The molecule has 0 aromatic heterocycles. The summed E-state index contributed by atoms with van der Waals surface area (Å²) in [6.45, 7) is 5.51. The Morgan fingerprint density at radius 2 is 1.81 bits per heavy atom. The number of nitrogens with zero attached hydrogens (tertiary/aromatic N) is 2. The van der Waals surface area contributed by atoms with Crippen LogP contribution in [-0.4, -0.2) is 53.0 Å². The van der Waals surface area contributed by atoms with Crippen molar-refractivity contribution in [3.05, 3.63) is 76.2 Å². The minimum Gasteiger partial charge on any atom is -0.396 e. The molecule has 32 heavy (non-hydrogen) atoms. The second-order valence-corrected chi connectivity index (χ2v) is 8.82. The predicted molar refractivity (Wildman–Crippen MR) is 121 cm³/mol. The van der Waals surface area contributed by atoms with Crippen LogP contribution in [0.1, 0.15) is 35.1 Å². The molecular weight excluding hydrogens is 407 g/mol. The van der Waals surface area contributed by atoms with Crippen LogP contribution in [0, 0.1) is 25.6 Å². The molecule has 6 heteroatoms. The Morgan fingerprint density at radius 1 is 1.06 bits per heavy atom. The summed E-state index contributed by atoms with van der Waals surface area (Å²) < 4.78 is 13.2. The van der Waals surface area contributed by atoms with E-state index >= 15 is 0 Å². The molecule has 0 radical (unpaired) electrons. The van der Waals surface area contributed by atoms with E-state index in [-0.39, 0.29) is 36.7 Å². The summed E-state index contributed by atoms with van der Waals surface area (Å²) >= 11 is 0. The van der Waals surface area contributed by atoms with Crippen molar-refractivity contribution in [1.29, 1.82) is 0 Å². The van der Waals surface area contributed by atoms with Gasteiger partial charge >= 0.3 is 0 Å². The summed E-state index contributed by atoms with van der Waals surface area (Å²) in [6, 6.07) is 12.0. The molecule has 2 aliphatic heterocycles. The highest BCUT2D eigenvalue weighted by atomic mass is 19.1. The number of aliphatic hydroxyl groups is 1. The zero-order chi connectivity index (χ0) is 22.8. The molecule has 1 unspecified atom stereocenters. The minimum atomic E-state index is -0.313. The molecule has 1 fully saturated rings. The van der Waals surface area contributed by atoms with Crippen molar-refractivity contribution in [2.24, 2.45) is 5.92 Å². The highest BCUT2D eigenvalue weighted by Gasteiger charge is 2.42. The zero-order valence-electron chi connectivity index (χ0n) is 18.6. The van der Waals surface area contributed by atoms with Crippen LogP contribution >= 0.6 is 0 Å². The van der Waals surface area contributed by atoms with Crippen molar-refractivity contribution in [2.75, 3.05) is 26.2 Å². The fraction of sp³-hybridized carbons (Fsp3) is 0.385. The number of benzene rings is 2. The van der Waals surface area contributed by atoms with Crippen molar-refractivity contribution in [3.63, 3.8) is 0 Å². The van der Waals surface area contributed by atoms with Gasteiger partial charge in [0.25, 0.3) is 11.8 Å². The van der Waals surface area contributed by atoms with Crippen LogP contribution in [0.2, 0.25) is 0 Å². The molecule has 2 aromatic carbocycles. The average molecular weight is 437 g/mol. The maximum absolute atomic E-state index is 13.5. The second kappa shape index (κ2) is 9.25. The van der Waals surface area contributed by atoms with Crippen LogP contribution in [0.3, 0.4) is 0 Å². The van der Waals surface area contributed by atoms with Crippen molar-refractivity contribution in [2.45, 2.75) is 33.1 Å². The minimum absolute atomic E-state index is 0.0685. The molecule has 1 atom stereocenters. The first-order valence-electron chi connectivity index (χ1n) is 11.2. The summed E-state index contributed by atoms with van der Waals surface area (Å²) in [4.78, 5) is 30.4. The van der Waals surface area contributed by atoms with Gasteiger partial charge in [-0.15, -0.1) is 0 Å². The Hall–Kier alpha value is -2.99. The third-order valence-corrected chi connectivity index (χ3v) is 6.43. The summed E-state index contributed by atoms with van der Waals surface area (Å²) in [5.41, 5.74) is 4.59. The van der Waals surface area contributed by atoms with E-state index in [1.807, 2.05) is 36.9 Å². The lowest BCUT2D eigenvalue weighted by Crippen LogP contribution is -2.41. The smallest absolute Gasteiger partial charge is 0.277 e. The van der Waals surface area contributed by atoms with Crippen molar-refractivity contribution < 1.29 is 19.1 Å². The fourth-order valence-corrected chi connectivity index (χ4v) is 4.71. The first-order valence-corrected chi connectivity index (χ1v) is 11.2. The van der Waals surface area contributed by atoms with Gasteiger partial charge in [0.1, 0.15) is 11.5 Å². The third-order valence-electron chi connectivity index (χ3n) is 6.43. The fourth-order valence-electron chi connectivity index (χ4n) is 4.71. The largest absolute Gasteiger partial charge is 0.396 e. The first-order chi connectivity index (χ1) is 15.4. The number of amides is 2. The lowest BCUT2D eigenvalue weighted by Gasteiger charge is -2.34. The standard InChI is InChI=1S/C26H29FN2O3/c1-17-5-10-22(18(2)14-17)23-24(28-12-3-4-20(15-28)16-30)26(32)29(25(23)31)13-11-19-6-8-21(27)9-7-19/h5-10,14,20,30H,3-4,11-13,15-16H2,1-2H3. The Balaban J connectivity index is 1.68. The number of carbonyl (C=O) groups is 2. The van der Waals surface area contributed by atoms with Gasteiger partial charge in [0.15, 0.2) is 0 Å². The van der Waals surface area contributed by atoms with E-state index in [0.29, 0.717) is 30.8 Å². The van der Waals surface area contributed by atoms with Crippen molar-refractivity contribution in [1.82, 2.24) is 9.80 Å². The van der Waals surface area contributed by atoms with Gasteiger partial charge in [-0.05, 0) is 67.9 Å². The zero-order valence-corrected chi connectivity index (χ0v) is 18.6. The van der Waals surface area contributed by atoms with Gasteiger partial charge < -0.3 is 10.0 Å². The first kappa shape index (κ1) is 22.2. The molecule has 1 saturated heterocycles. The predicted octanol–water partition coefficient (Wildman–Crippen LogP) is 3.47. The van der Waals surface area contributed by atoms with Gasteiger partial charge in [-0.3, -0.25) is 14.5 Å². The lowest BCUT2D eigenvalue weighted by atomic mass is 9.95. The van der Waals surface area contributed by atoms with Crippen molar-refractivity contribution in [3.8, 4) is 0 Å². The molecule has 5 nitrogen and oxygen atoms in total. The van der Waals surface area contributed by atoms with E-state index in [4.69, 9.17) is 0 Å². The van der Waals surface area contributed by atoms with Crippen molar-refractivity contribution >= 4 is 17.4 Å². The van der Waals surface area contributed by atoms with Crippen LogP contribution in [0.4, 0.5) is 4.39 Å². The normalized spacial score (nSPS) is 19.3. The molecule has 2 aliphatic rings. The van der Waals surface area contributed by atoms with E-state index < -0.39 is 0 Å².